The zero-order valence-electron chi connectivity index (χ0n) is 14.4. The zero-order chi connectivity index (χ0) is 17.5. The minimum atomic E-state index is -0.0942. The van der Waals surface area contributed by atoms with Crippen molar-refractivity contribution >= 4 is 53.4 Å². The van der Waals surface area contributed by atoms with Crippen LogP contribution >= 0.6 is 35.6 Å². The number of imide groups is 1. The molecule has 0 aromatic heterocycles. The number of guanidine groups is 1. The third-order valence-electron chi connectivity index (χ3n) is 3.94. The summed E-state index contributed by atoms with van der Waals surface area (Å²) in [5.74, 6) is 0.422. The molecule has 1 aromatic carbocycles. The average Bonchev–Trinajstić information content (AvgIpc) is 2.56. The van der Waals surface area contributed by atoms with Gasteiger partial charge in [0, 0.05) is 38.0 Å². The number of carbonyl (C=O) groups is 2. The molecule has 1 atom stereocenters. The smallest absolute Gasteiger partial charge is 0.229 e. The molecule has 1 saturated heterocycles. The second-order valence-electron chi connectivity index (χ2n) is 5.71. The zero-order valence-corrected chi connectivity index (χ0v) is 17.5. The number of amides is 2. The highest BCUT2D eigenvalue weighted by atomic mass is 127. The summed E-state index contributed by atoms with van der Waals surface area (Å²) < 4.78 is 0. The number of likely N-dealkylation sites (tertiary alicyclic amines) is 1. The molecular weight excluding hydrogens is 455 g/mol. The van der Waals surface area contributed by atoms with Crippen molar-refractivity contribution in [1.29, 1.82) is 0 Å². The Morgan fingerprint density at radius 1 is 1.32 bits per heavy atom. The molecule has 1 fully saturated rings. The number of halogens is 2. The Balaban J connectivity index is 0.00000312. The lowest BCUT2D eigenvalue weighted by Crippen LogP contribution is -2.46. The van der Waals surface area contributed by atoms with Crippen LogP contribution in [0.2, 0.25) is 5.02 Å². The van der Waals surface area contributed by atoms with E-state index in [9.17, 15) is 9.59 Å². The highest BCUT2D eigenvalue weighted by Gasteiger charge is 2.25. The highest BCUT2D eigenvalue weighted by Crippen LogP contribution is 2.17. The Hall–Kier alpha value is -1.35. The Labute approximate surface area is 170 Å². The van der Waals surface area contributed by atoms with Crippen LogP contribution < -0.4 is 10.6 Å². The van der Waals surface area contributed by atoms with E-state index in [1.54, 1.807) is 7.05 Å². The monoisotopic (exact) mass is 478 g/mol. The molecule has 138 valence electrons. The van der Waals surface area contributed by atoms with E-state index >= 15 is 0 Å². The van der Waals surface area contributed by atoms with Crippen molar-refractivity contribution in [3.63, 3.8) is 0 Å². The van der Waals surface area contributed by atoms with Gasteiger partial charge in [0.1, 0.15) is 0 Å². The molecule has 1 aromatic rings. The quantitative estimate of drug-likeness (QED) is 0.295. The molecule has 6 nitrogen and oxygen atoms in total. The lowest BCUT2D eigenvalue weighted by Gasteiger charge is -2.25. The van der Waals surface area contributed by atoms with E-state index in [0.717, 1.165) is 5.56 Å². The van der Waals surface area contributed by atoms with Crippen molar-refractivity contribution in [3.8, 4) is 0 Å². The first kappa shape index (κ1) is 21.7. The molecule has 0 aliphatic carbocycles. The van der Waals surface area contributed by atoms with Crippen LogP contribution in [0.1, 0.15) is 37.8 Å². The fraction of sp³-hybridized carbons (Fsp3) is 0.471. The predicted molar refractivity (Wildman–Crippen MR) is 110 cm³/mol. The normalized spacial score (nSPS) is 16.3. The Bertz CT molecular complexity index is 623. The van der Waals surface area contributed by atoms with Crippen LogP contribution in [0.15, 0.2) is 29.3 Å². The first-order valence-corrected chi connectivity index (χ1v) is 8.45. The number of hydrogen-bond acceptors (Lipinski definition) is 3. The van der Waals surface area contributed by atoms with Gasteiger partial charge in [-0.2, -0.15) is 0 Å². The van der Waals surface area contributed by atoms with Gasteiger partial charge in [0.15, 0.2) is 5.96 Å². The van der Waals surface area contributed by atoms with Gasteiger partial charge in [0.05, 0.1) is 6.04 Å². The van der Waals surface area contributed by atoms with Crippen LogP contribution in [0.5, 0.6) is 0 Å². The van der Waals surface area contributed by atoms with Crippen molar-refractivity contribution in [2.75, 3.05) is 20.1 Å². The van der Waals surface area contributed by atoms with Crippen LogP contribution in [-0.2, 0) is 9.59 Å². The van der Waals surface area contributed by atoms with E-state index in [4.69, 9.17) is 11.6 Å². The molecule has 2 N–H and O–H groups in total. The first-order chi connectivity index (χ1) is 11.5. The van der Waals surface area contributed by atoms with Crippen molar-refractivity contribution in [2.24, 2.45) is 4.99 Å². The first-order valence-electron chi connectivity index (χ1n) is 8.07. The van der Waals surface area contributed by atoms with Gasteiger partial charge < -0.3 is 10.6 Å². The van der Waals surface area contributed by atoms with Gasteiger partial charge >= 0.3 is 0 Å². The molecule has 1 aliphatic heterocycles. The molecule has 1 aliphatic rings. The minimum Gasteiger partial charge on any atom is -0.355 e. The fourth-order valence-electron chi connectivity index (χ4n) is 2.59. The second kappa shape index (κ2) is 10.6. The number of nitrogens with one attached hydrogen (secondary N) is 2. The fourth-order valence-corrected chi connectivity index (χ4v) is 2.79. The number of carbonyl (C=O) groups excluding carboxylic acids is 2. The molecule has 1 heterocycles. The molecule has 8 heteroatoms. The van der Waals surface area contributed by atoms with Crippen LogP contribution in [0.3, 0.4) is 0 Å². The molecule has 0 saturated carbocycles. The summed E-state index contributed by atoms with van der Waals surface area (Å²) >= 11 is 6.01. The maximum absolute atomic E-state index is 11.8. The Kier molecular flexibility index (Phi) is 9.20. The van der Waals surface area contributed by atoms with Crippen LogP contribution in [0.25, 0.3) is 0 Å². The van der Waals surface area contributed by atoms with Crippen molar-refractivity contribution < 1.29 is 9.59 Å². The number of rotatable bonds is 5. The van der Waals surface area contributed by atoms with Crippen LogP contribution in [0.4, 0.5) is 0 Å². The van der Waals surface area contributed by atoms with Gasteiger partial charge in [-0.1, -0.05) is 23.7 Å². The third-order valence-corrected chi connectivity index (χ3v) is 4.17. The van der Waals surface area contributed by atoms with E-state index in [2.05, 4.69) is 15.6 Å². The van der Waals surface area contributed by atoms with Crippen molar-refractivity contribution in [2.45, 2.75) is 32.2 Å². The molecule has 0 bridgehead atoms. The Morgan fingerprint density at radius 3 is 2.60 bits per heavy atom. The van der Waals surface area contributed by atoms with E-state index in [1.807, 2.05) is 31.2 Å². The highest BCUT2D eigenvalue weighted by molar-refractivity contribution is 14.0. The van der Waals surface area contributed by atoms with E-state index < -0.39 is 0 Å². The molecule has 25 heavy (non-hydrogen) atoms. The Morgan fingerprint density at radius 2 is 2.00 bits per heavy atom. The molecule has 2 rings (SSSR count). The predicted octanol–water partition coefficient (Wildman–Crippen LogP) is 2.72. The van der Waals surface area contributed by atoms with E-state index in [1.165, 1.54) is 4.90 Å². The number of benzene rings is 1. The molecule has 0 spiro atoms. The summed E-state index contributed by atoms with van der Waals surface area (Å²) in [6.45, 7) is 2.82. The van der Waals surface area contributed by atoms with Gasteiger partial charge in [-0.25, -0.2) is 0 Å². The average molecular weight is 479 g/mol. The van der Waals surface area contributed by atoms with Crippen LogP contribution in [-0.4, -0.2) is 42.8 Å². The summed E-state index contributed by atoms with van der Waals surface area (Å²) in [5, 5.41) is 7.08. The van der Waals surface area contributed by atoms with E-state index in [0.29, 0.717) is 43.3 Å². The number of nitrogens with zero attached hydrogens (tertiary/aromatic N) is 2. The SMILES string of the molecule is CN=C(NCCN1C(=O)CCCC1=O)NC(C)c1cccc(Cl)c1.I. The minimum absolute atomic E-state index is 0. The maximum atomic E-state index is 11.8. The van der Waals surface area contributed by atoms with Gasteiger partial charge in [0.25, 0.3) is 0 Å². The number of piperidine rings is 1. The molecular formula is C17H24ClIN4O2. The van der Waals surface area contributed by atoms with Crippen molar-refractivity contribution in [1.82, 2.24) is 15.5 Å². The number of hydrogen-bond donors (Lipinski definition) is 2. The van der Waals surface area contributed by atoms with Gasteiger partial charge in [-0.15, -0.1) is 24.0 Å². The lowest BCUT2D eigenvalue weighted by atomic mass is 10.1. The summed E-state index contributed by atoms with van der Waals surface area (Å²) in [6, 6.07) is 7.64. The van der Waals surface area contributed by atoms with Gasteiger partial charge in [0.2, 0.25) is 11.8 Å². The summed E-state index contributed by atoms with van der Waals surface area (Å²) in [6.07, 6.45) is 1.55. The maximum Gasteiger partial charge on any atom is 0.229 e. The van der Waals surface area contributed by atoms with Gasteiger partial charge in [-0.05, 0) is 31.0 Å². The van der Waals surface area contributed by atoms with Crippen LogP contribution in [0, 0.1) is 0 Å². The molecule has 1 unspecified atom stereocenters. The standard InChI is InChI=1S/C17H23ClN4O2.HI/c1-12(13-5-3-6-14(18)11-13)21-17(19-2)20-9-10-22-15(23)7-4-8-16(22)24;/h3,5-6,11-12H,4,7-10H2,1-2H3,(H2,19,20,21);1H. The molecule has 2 amide bonds. The van der Waals surface area contributed by atoms with E-state index in [-0.39, 0.29) is 41.8 Å². The van der Waals surface area contributed by atoms with Crippen molar-refractivity contribution in [3.05, 3.63) is 34.9 Å². The number of aliphatic imine (C=N–C) groups is 1. The largest absolute Gasteiger partial charge is 0.355 e. The molecule has 0 radical (unpaired) electrons. The third kappa shape index (κ3) is 6.47. The topological polar surface area (TPSA) is 73.8 Å². The second-order valence-corrected chi connectivity index (χ2v) is 6.15. The summed E-state index contributed by atoms with van der Waals surface area (Å²) in [7, 11) is 1.68. The van der Waals surface area contributed by atoms with Gasteiger partial charge in [-0.3, -0.25) is 19.5 Å². The summed E-state index contributed by atoms with van der Waals surface area (Å²) in [5.41, 5.74) is 1.05. The lowest BCUT2D eigenvalue weighted by molar-refractivity contribution is -0.147. The summed E-state index contributed by atoms with van der Waals surface area (Å²) in [4.78, 5) is 29.0.